The fraction of sp³-hybridized carbons (Fsp3) is 0.250. The molecule has 0 atom stereocenters. The van der Waals surface area contributed by atoms with E-state index in [4.69, 9.17) is 0 Å². The second kappa shape index (κ2) is 7.48. The van der Waals surface area contributed by atoms with Gasteiger partial charge in [0, 0.05) is 23.7 Å². The first kappa shape index (κ1) is 18.0. The van der Waals surface area contributed by atoms with Crippen molar-refractivity contribution in [1.82, 2.24) is 9.47 Å². The lowest BCUT2D eigenvalue weighted by Gasteiger charge is -2.21. The average Bonchev–Trinajstić information content (AvgIpc) is 3.01. The fourth-order valence-corrected chi connectivity index (χ4v) is 2.79. The number of alkyl halides is 3. The van der Waals surface area contributed by atoms with Gasteiger partial charge >= 0.3 is 6.18 Å². The normalized spacial score (nSPS) is 11.3. The van der Waals surface area contributed by atoms with Crippen molar-refractivity contribution in [2.24, 2.45) is 0 Å². The minimum atomic E-state index is -4.57. The summed E-state index contributed by atoms with van der Waals surface area (Å²) in [6.45, 7) is 3.68. The predicted molar refractivity (Wildman–Crippen MR) is 85.6 cm³/mol. The molecule has 2 aromatic rings. The summed E-state index contributed by atoms with van der Waals surface area (Å²) in [5.74, 6) is -0.454. The number of aromatic nitrogens is 1. The van der Waals surface area contributed by atoms with Crippen molar-refractivity contribution in [3.63, 3.8) is 0 Å². The standard InChI is InChI=1S/C16H15F3N2O2S/c1-2-7-20(10-13-4-3-8-24-13)15(23)11-21-9-12(16(17,18)19)5-6-14(21)22/h2-6,8-9H,1,7,10-11H2. The summed E-state index contributed by atoms with van der Waals surface area (Å²) in [5.41, 5.74) is -1.63. The maximum Gasteiger partial charge on any atom is 0.417 e. The third-order valence-corrected chi connectivity index (χ3v) is 4.11. The molecule has 0 aliphatic heterocycles. The Balaban J connectivity index is 2.20. The zero-order valence-electron chi connectivity index (χ0n) is 12.6. The van der Waals surface area contributed by atoms with Gasteiger partial charge in [-0.2, -0.15) is 13.2 Å². The molecule has 0 aromatic carbocycles. The van der Waals surface area contributed by atoms with Gasteiger partial charge in [-0.1, -0.05) is 12.1 Å². The molecule has 0 fully saturated rings. The van der Waals surface area contributed by atoms with Gasteiger partial charge in [-0.25, -0.2) is 0 Å². The van der Waals surface area contributed by atoms with E-state index in [0.717, 1.165) is 15.5 Å². The molecule has 2 heterocycles. The van der Waals surface area contributed by atoms with Crippen molar-refractivity contribution in [1.29, 1.82) is 0 Å². The van der Waals surface area contributed by atoms with Crippen molar-refractivity contribution < 1.29 is 18.0 Å². The Hall–Kier alpha value is -2.35. The third-order valence-electron chi connectivity index (χ3n) is 3.25. The van der Waals surface area contributed by atoms with Crippen LogP contribution >= 0.6 is 11.3 Å². The van der Waals surface area contributed by atoms with Gasteiger partial charge < -0.3 is 9.47 Å². The predicted octanol–water partition coefficient (Wildman–Crippen LogP) is 3.14. The van der Waals surface area contributed by atoms with E-state index < -0.39 is 29.8 Å². The Kier molecular flexibility index (Phi) is 5.61. The van der Waals surface area contributed by atoms with Gasteiger partial charge in [0.25, 0.3) is 5.56 Å². The zero-order valence-corrected chi connectivity index (χ0v) is 13.4. The molecule has 0 unspecified atom stereocenters. The quantitative estimate of drug-likeness (QED) is 0.746. The lowest BCUT2D eigenvalue weighted by atomic mass is 10.2. The Labute approximate surface area is 140 Å². The van der Waals surface area contributed by atoms with Crippen LogP contribution in [0.3, 0.4) is 0 Å². The first-order chi connectivity index (χ1) is 11.3. The lowest BCUT2D eigenvalue weighted by Crippen LogP contribution is -2.36. The average molecular weight is 356 g/mol. The monoisotopic (exact) mass is 356 g/mol. The Morgan fingerprint density at radius 2 is 2.08 bits per heavy atom. The lowest BCUT2D eigenvalue weighted by molar-refractivity contribution is -0.138. The van der Waals surface area contributed by atoms with Crippen molar-refractivity contribution in [2.45, 2.75) is 19.3 Å². The molecular formula is C16H15F3N2O2S. The summed E-state index contributed by atoms with van der Waals surface area (Å²) in [4.78, 5) is 26.5. The van der Waals surface area contributed by atoms with E-state index in [1.165, 1.54) is 22.3 Å². The zero-order chi connectivity index (χ0) is 17.7. The van der Waals surface area contributed by atoms with Crippen molar-refractivity contribution in [3.05, 3.63) is 69.3 Å². The first-order valence-corrected chi connectivity index (χ1v) is 7.88. The number of rotatable bonds is 6. The van der Waals surface area contributed by atoms with Crippen LogP contribution in [0.25, 0.3) is 0 Å². The number of thiophene rings is 1. The molecule has 2 rings (SSSR count). The molecule has 0 saturated carbocycles. The van der Waals surface area contributed by atoms with Gasteiger partial charge in [0.05, 0.1) is 12.1 Å². The molecule has 24 heavy (non-hydrogen) atoms. The molecule has 8 heteroatoms. The van der Waals surface area contributed by atoms with Gasteiger partial charge in [-0.3, -0.25) is 9.59 Å². The molecule has 2 aromatic heterocycles. The van der Waals surface area contributed by atoms with Gasteiger partial charge in [0.2, 0.25) is 5.91 Å². The van der Waals surface area contributed by atoms with E-state index in [9.17, 15) is 22.8 Å². The molecule has 128 valence electrons. The highest BCUT2D eigenvalue weighted by molar-refractivity contribution is 7.09. The highest BCUT2D eigenvalue weighted by atomic mass is 32.1. The van der Waals surface area contributed by atoms with Crippen LogP contribution in [0, 0.1) is 0 Å². The molecule has 1 amide bonds. The highest BCUT2D eigenvalue weighted by Crippen LogP contribution is 2.28. The number of carbonyl (C=O) groups is 1. The van der Waals surface area contributed by atoms with E-state index in [1.54, 1.807) is 0 Å². The first-order valence-electron chi connectivity index (χ1n) is 7.00. The van der Waals surface area contributed by atoms with Crippen LogP contribution in [0.4, 0.5) is 13.2 Å². The van der Waals surface area contributed by atoms with E-state index in [1.807, 2.05) is 17.5 Å². The maximum absolute atomic E-state index is 12.7. The van der Waals surface area contributed by atoms with E-state index in [2.05, 4.69) is 6.58 Å². The summed E-state index contributed by atoms with van der Waals surface area (Å²) in [7, 11) is 0. The van der Waals surface area contributed by atoms with Crippen LogP contribution < -0.4 is 5.56 Å². The van der Waals surface area contributed by atoms with E-state index in [0.29, 0.717) is 18.8 Å². The van der Waals surface area contributed by atoms with Crippen LogP contribution in [0.2, 0.25) is 0 Å². The SMILES string of the molecule is C=CCN(Cc1cccs1)C(=O)Cn1cc(C(F)(F)F)ccc1=O. The number of pyridine rings is 1. The van der Waals surface area contributed by atoms with E-state index >= 15 is 0 Å². The van der Waals surface area contributed by atoms with Crippen LogP contribution in [0.15, 0.2) is 53.3 Å². The molecule has 0 spiro atoms. The molecule has 0 N–H and O–H groups in total. The van der Waals surface area contributed by atoms with Gasteiger partial charge in [-0.15, -0.1) is 17.9 Å². The number of nitrogens with zero attached hydrogens (tertiary/aromatic N) is 2. The minimum absolute atomic E-state index is 0.241. The molecular weight excluding hydrogens is 341 g/mol. The molecule has 4 nitrogen and oxygen atoms in total. The number of halogens is 3. The Morgan fingerprint density at radius 1 is 1.33 bits per heavy atom. The summed E-state index contributed by atoms with van der Waals surface area (Å²) < 4.78 is 39.0. The topological polar surface area (TPSA) is 42.3 Å². The van der Waals surface area contributed by atoms with Gasteiger partial charge in [0.1, 0.15) is 6.54 Å². The van der Waals surface area contributed by atoms with E-state index in [-0.39, 0.29) is 6.54 Å². The number of hydrogen-bond acceptors (Lipinski definition) is 3. The van der Waals surface area contributed by atoms with Gasteiger partial charge in [-0.05, 0) is 17.5 Å². The Bertz CT molecular complexity index is 766. The third kappa shape index (κ3) is 4.58. The van der Waals surface area contributed by atoms with Crippen LogP contribution in [-0.4, -0.2) is 21.9 Å². The fourth-order valence-electron chi connectivity index (χ4n) is 2.07. The molecule has 0 bridgehead atoms. The summed E-state index contributed by atoms with van der Waals surface area (Å²) in [6.07, 6.45) is -2.38. The second-order valence-electron chi connectivity index (χ2n) is 5.02. The molecule has 0 aliphatic carbocycles. The highest BCUT2D eigenvalue weighted by Gasteiger charge is 2.31. The van der Waals surface area contributed by atoms with Crippen LogP contribution in [0.1, 0.15) is 10.4 Å². The molecule has 0 aliphatic rings. The number of amides is 1. The maximum atomic E-state index is 12.7. The number of hydrogen-bond donors (Lipinski definition) is 0. The van der Waals surface area contributed by atoms with Crippen molar-refractivity contribution in [2.75, 3.05) is 6.54 Å². The molecule has 0 saturated heterocycles. The smallest absolute Gasteiger partial charge is 0.332 e. The number of carbonyl (C=O) groups excluding carboxylic acids is 1. The Morgan fingerprint density at radius 3 is 2.67 bits per heavy atom. The summed E-state index contributed by atoms with van der Waals surface area (Å²) >= 11 is 1.46. The van der Waals surface area contributed by atoms with Crippen LogP contribution in [-0.2, 0) is 24.1 Å². The summed E-state index contributed by atoms with van der Waals surface area (Å²) in [5, 5.41) is 1.86. The largest absolute Gasteiger partial charge is 0.417 e. The van der Waals surface area contributed by atoms with Gasteiger partial charge in [0.15, 0.2) is 0 Å². The van der Waals surface area contributed by atoms with Crippen molar-refractivity contribution >= 4 is 17.2 Å². The second-order valence-corrected chi connectivity index (χ2v) is 6.06. The molecule has 0 radical (unpaired) electrons. The van der Waals surface area contributed by atoms with Crippen LogP contribution in [0.5, 0.6) is 0 Å². The summed E-state index contributed by atoms with van der Waals surface area (Å²) in [6, 6.07) is 5.21. The van der Waals surface area contributed by atoms with Crippen molar-refractivity contribution in [3.8, 4) is 0 Å². The minimum Gasteiger partial charge on any atom is -0.332 e.